The number of halogens is 1. The van der Waals surface area contributed by atoms with Crippen molar-refractivity contribution >= 4 is 39.1 Å². The quantitative estimate of drug-likeness (QED) is 0.321. The van der Waals surface area contributed by atoms with Gasteiger partial charge in [0, 0.05) is 18.1 Å². The molecule has 214 valence electrons. The second kappa shape index (κ2) is 13.7. The van der Waals surface area contributed by atoms with Gasteiger partial charge < -0.3 is 15.0 Å². The highest BCUT2D eigenvalue weighted by Crippen LogP contribution is 2.26. The fourth-order valence-corrected chi connectivity index (χ4v) is 5.48. The molecular weight excluding hydrogens is 550 g/mol. The summed E-state index contributed by atoms with van der Waals surface area (Å²) in [6.07, 6.45) is 0. The molecule has 0 spiro atoms. The first-order valence-electron chi connectivity index (χ1n) is 13.0. The second-order valence-corrected chi connectivity index (χ2v) is 12.3. The number of carbonyl (C=O) groups is 2. The largest absolute Gasteiger partial charge is 0.497 e. The average molecular weight is 586 g/mol. The third kappa shape index (κ3) is 7.99. The van der Waals surface area contributed by atoms with E-state index in [4.69, 9.17) is 16.3 Å². The summed E-state index contributed by atoms with van der Waals surface area (Å²) in [7, 11) is -2.66. The Morgan fingerprint density at radius 1 is 0.925 bits per heavy atom. The van der Waals surface area contributed by atoms with E-state index in [0.29, 0.717) is 23.0 Å². The number of sulfonamides is 1. The Labute approximate surface area is 241 Å². The third-order valence-electron chi connectivity index (χ3n) is 6.37. The van der Waals surface area contributed by atoms with Crippen LogP contribution in [0.2, 0.25) is 5.02 Å². The van der Waals surface area contributed by atoms with E-state index in [-0.39, 0.29) is 23.3 Å². The van der Waals surface area contributed by atoms with Crippen LogP contribution in [-0.2, 0) is 26.2 Å². The van der Waals surface area contributed by atoms with Gasteiger partial charge in [-0.25, -0.2) is 8.42 Å². The van der Waals surface area contributed by atoms with Crippen molar-refractivity contribution in [3.05, 3.63) is 88.9 Å². The lowest BCUT2D eigenvalue weighted by atomic mass is 10.1. The number of methoxy groups -OCH3 is 1. The standard InChI is InChI=1S/C30H36ClN3O5S/c1-21(2)18-32-30(36)23(4)33(19-24-8-10-25(31)11-9-24)29(35)20-34(26-12-6-22(3)7-13-26)40(37,38)28-16-14-27(39-5)15-17-28/h6-17,21,23H,18-20H2,1-5H3,(H,32,36)/t23-/m0/s1. The molecule has 0 fully saturated rings. The Kier molecular flexibility index (Phi) is 10.6. The molecular formula is C30H36ClN3O5S. The van der Waals surface area contributed by atoms with Gasteiger partial charge in [0.2, 0.25) is 11.8 Å². The van der Waals surface area contributed by atoms with Crippen LogP contribution in [0.5, 0.6) is 5.75 Å². The monoisotopic (exact) mass is 585 g/mol. The van der Waals surface area contributed by atoms with Gasteiger partial charge in [-0.15, -0.1) is 0 Å². The summed E-state index contributed by atoms with van der Waals surface area (Å²) >= 11 is 6.04. The molecule has 10 heteroatoms. The topological polar surface area (TPSA) is 96.0 Å². The van der Waals surface area contributed by atoms with Gasteiger partial charge in [0.25, 0.3) is 10.0 Å². The van der Waals surface area contributed by atoms with Crippen LogP contribution in [-0.4, -0.2) is 51.4 Å². The highest BCUT2D eigenvalue weighted by Gasteiger charge is 2.32. The van der Waals surface area contributed by atoms with E-state index in [1.54, 1.807) is 67.6 Å². The lowest BCUT2D eigenvalue weighted by molar-refractivity contribution is -0.139. The van der Waals surface area contributed by atoms with Gasteiger partial charge in [-0.05, 0) is 73.9 Å². The summed E-state index contributed by atoms with van der Waals surface area (Å²) in [4.78, 5) is 28.4. The number of carbonyl (C=O) groups excluding carboxylic acids is 2. The number of aryl methyl sites for hydroxylation is 1. The van der Waals surface area contributed by atoms with Crippen LogP contribution in [0.1, 0.15) is 31.9 Å². The van der Waals surface area contributed by atoms with Gasteiger partial charge >= 0.3 is 0 Å². The minimum absolute atomic E-state index is 0.00801. The van der Waals surface area contributed by atoms with Gasteiger partial charge in [0.15, 0.2) is 0 Å². The molecule has 1 atom stereocenters. The number of nitrogens with zero attached hydrogens (tertiary/aromatic N) is 2. The van der Waals surface area contributed by atoms with E-state index >= 15 is 0 Å². The first-order chi connectivity index (χ1) is 18.9. The zero-order valence-electron chi connectivity index (χ0n) is 23.4. The van der Waals surface area contributed by atoms with Crippen molar-refractivity contribution in [2.45, 2.75) is 45.2 Å². The van der Waals surface area contributed by atoms with Crippen LogP contribution in [0, 0.1) is 12.8 Å². The van der Waals surface area contributed by atoms with Crippen molar-refractivity contribution in [3.8, 4) is 5.75 Å². The van der Waals surface area contributed by atoms with Crippen LogP contribution >= 0.6 is 11.6 Å². The van der Waals surface area contributed by atoms with E-state index in [0.717, 1.165) is 15.4 Å². The molecule has 0 aliphatic heterocycles. The van der Waals surface area contributed by atoms with Crippen molar-refractivity contribution in [2.24, 2.45) is 5.92 Å². The van der Waals surface area contributed by atoms with Crippen LogP contribution in [0.15, 0.2) is 77.7 Å². The molecule has 1 N–H and O–H groups in total. The van der Waals surface area contributed by atoms with Crippen LogP contribution < -0.4 is 14.4 Å². The van der Waals surface area contributed by atoms with Crippen molar-refractivity contribution in [3.63, 3.8) is 0 Å². The molecule has 0 aliphatic rings. The fraction of sp³-hybridized carbons (Fsp3) is 0.333. The number of hydrogen-bond donors (Lipinski definition) is 1. The maximum absolute atomic E-state index is 13.9. The molecule has 3 rings (SSSR count). The Bertz CT molecular complexity index is 1390. The van der Waals surface area contributed by atoms with E-state index in [2.05, 4.69) is 5.32 Å². The Hall–Kier alpha value is -3.56. The maximum atomic E-state index is 13.9. The highest BCUT2D eigenvalue weighted by atomic mass is 35.5. The lowest BCUT2D eigenvalue weighted by Gasteiger charge is -2.32. The van der Waals surface area contributed by atoms with E-state index in [1.165, 1.54) is 24.1 Å². The molecule has 0 saturated carbocycles. The molecule has 0 aliphatic carbocycles. The zero-order chi connectivity index (χ0) is 29.4. The summed E-state index contributed by atoms with van der Waals surface area (Å²) in [5, 5.41) is 3.41. The predicted molar refractivity (Wildman–Crippen MR) is 158 cm³/mol. The SMILES string of the molecule is COc1ccc(S(=O)(=O)N(CC(=O)N(Cc2ccc(Cl)cc2)[C@@H](C)C(=O)NCC(C)C)c2ccc(C)cc2)cc1. The van der Waals surface area contributed by atoms with Crippen molar-refractivity contribution in [2.75, 3.05) is 24.5 Å². The molecule has 0 unspecified atom stereocenters. The Balaban J connectivity index is 2.00. The fourth-order valence-electron chi connectivity index (χ4n) is 3.94. The third-order valence-corrected chi connectivity index (χ3v) is 8.41. The second-order valence-electron chi connectivity index (χ2n) is 9.99. The van der Waals surface area contributed by atoms with Gasteiger partial charge in [-0.3, -0.25) is 13.9 Å². The maximum Gasteiger partial charge on any atom is 0.264 e. The predicted octanol–water partition coefficient (Wildman–Crippen LogP) is 5.04. The summed E-state index contributed by atoms with van der Waals surface area (Å²) in [5.74, 6) is -0.119. The number of benzene rings is 3. The average Bonchev–Trinajstić information content (AvgIpc) is 2.94. The number of nitrogens with one attached hydrogen (secondary N) is 1. The number of amides is 2. The zero-order valence-corrected chi connectivity index (χ0v) is 25.0. The van der Waals surface area contributed by atoms with E-state index in [1.807, 2.05) is 20.8 Å². The lowest BCUT2D eigenvalue weighted by Crippen LogP contribution is -2.51. The van der Waals surface area contributed by atoms with Gasteiger partial charge in [-0.1, -0.05) is 55.3 Å². The molecule has 40 heavy (non-hydrogen) atoms. The number of ether oxygens (including phenoxy) is 1. The first-order valence-corrected chi connectivity index (χ1v) is 14.8. The number of anilines is 1. The summed E-state index contributed by atoms with van der Waals surface area (Å²) in [6, 6.07) is 19.0. The summed E-state index contributed by atoms with van der Waals surface area (Å²) in [6.45, 7) is 7.52. The normalized spacial score (nSPS) is 12.1. The molecule has 8 nitrogen and oxygen atoms in total. The summed E-state index contributed by atoms with van der Waals surface area (Å²) < 4.78 is 34.0. The van der Waals surface area contributed by atoms with Gasteiger partial charge in [-0.2, -0.15) is 0 Å². The van der Waals surface area contributed by atoms with Crippen molar-refractivity contribution in [1.29, 1.82) is 0 Å². The molecule has 0 bridgehead atoms. The molecule has 3 aromatic rings. The van der Waals surface area contributed by atoms with Crippen molar-refractivity contribution < 1.29 is 22.7 Å². The minimum atomic E-state index is -4.15. The summed E-state index contributed by atoms with van der Waals surface area (Å²) in [5.41, 5.74) is 2.02. The van der Waals surface area contributed by atoms with Crippen LogP contribution in [0.25, 0.3) is 0 Å². The Morgan fingerprint density at radius 2 is 1.52 bits per heavy atom. The smallest absolute Gasteiger partial charge is 0.264 e. The molecule has 0 heterocycles. The van der Waals surface area contributed by atoms with Crippen LogP contribution in [0.4, 0.5) is 5.69 Å². The molecule has 0 aromatic heterocycles. The van der Waals surface area contributed by atoms with Crippen molar-refractivity contribution in [1.82, 2.24) is 10.2 Å². The number of hydrogen-bond acceptors (Lipinski definition) is 5. The first kappa shape index (κ1) is 31.0. The Morgan fingerprint density at radius 3 is 2.08 bits per heavy atom. The van der Waals surface area contributed by atoms with E-state index in [9.17, 15) is 18.0 Å². The van der Waals surface area contributed by atoms with E-state index < -0.39 is 28.5 Å². The van der Waals surface area contributed by atoms with Gasteiger partial charge in [0.05, 0.1) is 17.7 Å². The van der Waals surface area contributed by atoms with Gasteiger partial charge in [0.1, 0.15) is 18.3 Å². The molecule has 2 amide bonds. The van der Waals surface area contributed by atoms with Crippen LogP contribution in [0.3, 0.4) is 0 Å². The molecule has 3 aromatic carbocycles. The highest BCUT2D eigenvalue weighted by molar-refractivity contribution is 7.92. The molecule has 0 radical (unpaired) electrons. The molecule has 0 saturated heterocycles. The minimum Gasteiger partial charge on any atom is -0.497 e. The number of rotatable bonds is 12.